The van der Waals surface area contributed by atoms with E-state index in [1.807, 2.05) is 0 Å². The van der Waals surface area contributed by atoms with E-state index in [1.54, 1.807) is 51.4 Å². The van der Waals surface area contributed by atoms with Crippen molar-refractivity contribution < 1.29 is 0 Å². The number of nitrogens with zero attached hydrogens (tertiary/aromatic N) is 2. The van der Waals surface area contributed by atoms with Crippen molar-refractivity contribution in [3.05, 3.63) is 12.2 Å². The van der Waals surface area contributed by atoms with Gasteiger partial charge >= 0.3 is 0 Å². The lowest BCUT2D eigenvalue weighted by Crippen LogP contribution is -2.52. The van der Waals surface area contributed by atoms with Crippen LogP contribution < -0.4 is 5.32 Å². The highest BCUT2D eigenvalue weighted by Gasteiger charge is 2.54. The Labute approximate surface area is 269 Å². The zero-order chi connectivity index (χ0) is 29.0. The minimum absolute atomic E-state index is 0.279. The average Bonchev–Trinajstić information content (AvgIpc) is 3.07. The third-order valence-corrected chi connectivity index (χ3v) is 16.4. The van der Waals surface area contributed by atoms with Gasteiger partial charge in [0.1, 0.15) is 0 Å². The second-order valence-corrected chi connectivity index (χ2v) is 18.0. The molecule has 1 aliphatic heterocycles. The van der Waals surface area contributed by atoms with Crippen LogP contribution in [0, 0.1) is 82.9 Å². The monoisotopic (exact) mass is 598 g/mol. The summed E-state index contributed by atoms with van der Waals surface area (Å²) in [5.41, 5.74) is 0. The van der Waals surface area contributed by atoms with E-state index in [4.69, 9.17) is 9.98 Å². The van der Waals surface area contributed by atoms with Crippen molar-refractivity contribution in [2.75, 3.05) is 13.1 Å². The summed E-state index contributed by atoms with van der Waals surface area (Å²) in [7, 11) is 0. The molecule has 1 N–H and O–H groups in total. The summed E-state index contributed by atoms with van der Waals surface area (Å²) in [5, 5.41) is 3.87. The van der Waals surface area contributed by atoms with Crippen molar-refractivity contribution in [2.45, 2.75) is 134 Å². The molecule has 1 heterocycles. The number of hydrogen-bond donors (Lipinski definition) is 1. The summed E-state index contributed by atoms with van der Waals surface area (Å²) in [6.45, 7) is 2.17. The van der Waals surface area contributed by atoms with Gasteiger partial charge in [0, 0.05) is 31.6 Å². The molecule has 16 unspecified atom stereocenters. The molecule has 0 aromatic carbocycles. The number of hydrogen-bond acceptors (Lipinski definition) is 3. The standard InChI is InChI=1S/C41H63N3/c1-4-26-10-12-30-14-16-32(36-20-18-28(6-1)38(26)40(30)36)22-42-24-34-8-3-9-35(44-34)25-43-23-33-17-15-31-13-11-27-5-2-7-29-19-21-37(33)41(31)39(27)29/h3,8,24-41,44H,1-2,4-7,9-23H2. The summed E-state index contributed by atoms with van der Waals surface area (Å²) in [5.74, 6) is 14.4. The van der Waals surface area contributed by atoms with Crippen LogP contribution >= 0.6 is 0 Å². The molecular formula is C41H63N3. The second-order valence-electron chi connectivity index (χ2n) is 18.0. The Morgan fingerprint density at radius 1 is 0.500 bits per heavy atom. The van der Waals surface area contributed by atoms with E-state index >= 15 is 0 Å². The van der Waals surface area contributed by atoms with E-state index in [9.17, 15) is 0 Å². The first-order chi connectivity index (χ1) is 21.8. The quantitative estimate of drug-likeness (QED) is 0.241. The molecule has 3 nitrogen and oxygen atoms in total. The van der Waals surface area contributed by atoms with Crippen LogP contribution in [0.15, 0.2) is 22.1 Å². The van der Waals surface area contributed by atoms with Crippen molar-refractivity contribution in [1.82, 2.24) is 5.32 Å². The highest BCUT2D eigenvalue weighted by atomic mass is 15.0. The maximum atomic E-state index is 5.19. The molecule has 3 heteroatoms. The van der Waals surface area contributed by atoms with Crippen LogP contribution in [-0.2, 0) is 0 Å². The minimum Gasteiger partial charge on any atom is -0.298 e. The van der Waals surface area contributed by atoms with Gasteiger partial charge in [0.25, 0.3) is 0 Å². The van der Waals surface area contributed by atoms with Crippen LogP contribution in [0.3, 0.4) is 0 Å². The van der Waals surface area contributed by atoms with Gasteiger partial charge in [-0.3, -0.25) is 15.3 Å². The molecule has 8 saturated carbocycles. The van der Waals surface area contributed by atoms with Crippen LogP contribution in [0.1, 0.15) is 122 Å². The van der Waals surface area contributed by atoms with Crippen molar-refractivity contribution in [3.63, 3.8) is 0 Å². The predicted octanol–water partition coefficient (Wildman–Crippen LogP) is 9.17. The minimum atomic E-state index is 0.279. The lowest BCUT2D eigenvalue weighted by molar-refractivity contribution is -0.0947. The number of aliphatic imine (C=N–C) groups is 2. The van der Waals surface area contributed by atoms with E-state index in [1.165, 1.54) is 64.2 Å². The van der Waals surface area contributed by atoms with Crippen LogP contribution in [0.25, 0.3) is 0 Å². The molecule has 0 radical (unpaired) electrons. The third kappa shape index (κ3) is 5.34. The first-order valence-corrected chi connectivity index (χ1v) is 20.2. The Bertz CT molecular complexity index is 1080. The van der Waals surface area contributed by atoms with Crippen LogP contribution in [0.2, 0.25) is 0 Å². The Hall–Kier alpha value is -0.960. The second kappa shape index (κ2) is 12.6. The van der Waals surface area contributed by atoms with Gasteiger partial charge in [-0.1, -0.05) is 50.7 Å². The maximum Gasteiger partial charge on any atom is 0.0611 e. The highest BCUT2D eigenvalue weighted by molar-refractivity contribution is 5.71. The summed E-state index contributed by atoms with van der Waals surface area (Å²) in [6.07, 6.45) is 37.9. The first-order valence-electron chi connectivity index (χ1n) is 20.2. The zero-order valence-electron chi connectivity index (χ0n) is 27.8. The number of nitrogens with one attached hydrogen (secondary N) is 1. The van der Waals surface area contributed by atoms with Gasteiger partial charge in [-0.05, 0) is 166 Å². The molecular weight excluding hydrogens is 534 g/mol. The molecule has 0 spiro atoms. The van der Waals surface area contributed by atoms with Gasteiger partial charge in [0.2, 0.25) is 0 Å². The molecule has 0 saturated heterocycles. The van der Waals surface area contributed by atoms with Crippen molar-refractivity contribution in [2.24, 2.45) is 92.8 Å². The predicted molar refractivity (Wildman–Crippen MR) is 183 cm³/mol. The Kier molecular flexibility index (Phi) is 8.34. The van der Waals surface area contributed by atoms with E-state index in [0.29, 0.717) is 6.04 Å². The lowest BCUT2D eigenvalue weighted by Gasteiger charge is -2.59. The van der Waals surface area contributed by atoms with Gasteiger partial charge in [-0.2, -0.15) is 0 Å². The smallest absolute Gasteiger partial charge is 0.0611 e. The SMILES string of the molecule is C1=CC(C=NCC2CCC3CCC4CCCC5CCC2C3C45)NC(C=NCC2CCC3CCC4CCCC5CCC2C3C45)C1. The van der Waals surface area contributed by atoms with Crippen molar-refractivity contribution in [1.29, 1.82) is 0 Å². The Balaban J connectivity index is 0.785. The molecule has 242 valence electrons. The fourth-order valence-electron chi connectivity index (χ4n) is 14.8. The molecule has 9 aliphatic rings. The normalized spacial score (nSPS) is 52.9. The molecule has 44 heavy (non-hydrogen) atoms. The first kappa shape index (κ1) is 29.2. The molecule has 0 aromatic rings. The number of rotatable bonds is 6. The molecule has 0 bridgehead atoms. The fraction of sp³-hybridized carbons (Fsp3) is 0.902. The third-order valence-electron chi connectivity index (χ3n) is 16.4. The Morgan fingerprint density at radius 2 is 0.955 bits per heavy atom. The molecule has 9 rings (SSSR count). The Morgan fingerprint density at radius 3 is 1.50 bits per heavy atom. The molecule has 0 aromatic heterocycles. The fourth-order valence-corrected chi connectivity index (χ4v) is 14.8. The average molecular weight is 598 g/mol. The van der Waals surface area contributed by atoms with E-state index in [2.05, 4.69) is 29.9 Å². The van der Waals surface area contributed by atoms with E-state index in [-0.39, 0.29) is 6.04 Å². The largest absolute Gasteiger partial charge is 0.298 e. The van der Waals surface area contributed by atoms with E-state index in [0.717, 1.165) is 102 Å². The van der Waals surface area contributed by atoms with Gasteiger partial charge in [0.15, 0.2) is 0 Å². The van der Waals surface area contributed by atoms with Crippen LogP contribution in [0.5, 0.6) is 0 Å². The van der Waals surface area contributed by atoms with Gasteiger partial charge in [-0.25, -0.2) is 0 Å². The van der Waals surface area contributed by atoms with Crippen LogP contribution in [-0.4, -0.2) is 37.6 Å². The van der Waals surface area contributed by atoms with Crippen molar-refractivity contribution in [3.8, 4) is 0 Å². The molecule has 8 aliphatic carbocycles. The maximum absolute atomic E-state index is 5.19. The topological polar surface area (TPSA) is 36.8 Å². The van der Waals surface area contributed by atoms with Gasteiger partial charge < -0.3 is 0 Å². The summed E-state index contributed by atoms with van der Waals surface area (Å²) < 4.78 is 0. The van der Waals surface area contributed by atoms with E-state index < -0.39 is 0 Å². The molecule has 8 fully saturated rings. The highest BCUT2D eigenvalue weighted by Crippen LogP contribution is 2.62. The van der Waals surface area contributed by atoms with Gasteiger partial charge in [-0.15, -0.1) is 0 Å². The summed E-state index contributed by atoms with van der Waals surface area (Å²) in [6, 6.07) is 0.651. The summed E-state index contributed by atoms with van der Waals surface area (Å²) in [4.78, 5) is 10.4. The van der Waals surface area contributed by atoms with Crippen molar-refractivity contribution >= 4 is 12.4 Å². The molecule has 0 amide bonds. The van der Waals surface area contributed by atoms with Crippen LogP contribution in [0.4, 0.5) is 0 Å². The zero-order valence-corrected chi connectivity index (χ0v) is 27.8. The molecule has 16 atom stereocenters. The van der Waals surface area contributed by atoms with Gasteiger partial charge in [0.05, 0.1) is 6.04 Å². The lowest BCUT2D eigenvalue weighted by atomic mass is 9.46. The summed E-state index contributed by atoms with van der Waals surface area (Å²) >= 11 is 0.